The van der Waals surface area contributed by atoms with Crippen molar-refractivity contribution in [2.75, 3.05) is 19.7 Å². The second-order valence-corrected chi connectivity index (χ2v) is 4.86. The van der Waals surface area contributed by atoms with Crippen molar-refractivity contribution in [2.45, 2.75) is 33.6 Å². The molecular formula is C13H24N2O5. The van der Waals surface area contributed by atoms with Gasteiger partial charge in [0.2, 0.25) is 0 Å². The molecule has 0 aliphatic rings. The molecule has 0 saturated carbocycles. The van der Waals surface area contributed by atoms with E-state index in [0.717, 1.165) is 0 Å². The molecule has 20 heavy (non-hydrogen) atoms. The van der Waals surface area contributed by atoms with Gasteiger partial charge in [-0.3, -0.25) is 9.59 Å². The van der Waals surface area contributed by atoms with Gasteiger partial charge in [0.15, 0.2) is 0 Å². The Morgan fingerprint density at radius 1 is 1.20 bits per heavy atom. The Bertz CT molecular complexity index is 331. The number of carbonyl (C=O) groups is 3. The molecule has 0 heterocycles. The summed E-state index contributed by atoms with van der Waals surface area (Å²) in [6.45, 7) is 6.09. The van der Waals surface area contributed by atoms with Gasteiger partial charge in [-0.2, -0.15) is 0 Å². The quantitative estimate of drug-likeness (QED) is 0.549. The molecule has 3 N–H and O–H groups in total. The van der Waals surface area contributed by atoms with Gasteiger partial charge in [0.05, 0.1) is 18.9 Å². The third-order valence-electron chi connectivity index (χ3n) is 2.53. The number of esters is 1. The van der Waals surface area contributed by atoms with E-state index < -0.39 is 17.9 Å². The van der Waals surface area contributed by atoms with Gasteiger partial charge in [-0.25, -0.2) is 4.79 Å². The molecule has 1 atom stereocenters. The average Bonchev–Trinajstić information content (AvgIpc) is 2.34. The van der Waals surface area contributed by atoms with Crippen molar-refractivity contribution >= 4 is 18.0 Å². The molecule has 0 bridgehead atoms. The van der Waals surface area contributed by atoms with Gasteiger partial charge in [-0.05, 0) is 19.3 Å². The maximum absolute atomic E-state index is 11.4. The third-order valence-corrected chi connectivity index (χ3v) is 2.53. The van der Waals surface area contributed by atoms with Crippen LogP contribution in [0.1, 0.15) is 33.6 Å². The minimum absolute atomic E-state index is 0.0682. The van der Waals surface area contributed by atoms with Crippen LogP contribution in [0.3, 0.4) is 0 Å². The first-order valence-electron chi connectivity index (χ1n) is 6.76. The Kier molecular flexibility index (Phi) is 9.15. The highest BCUT2D eigenvalue weighted by Gasteiger charge is 2.19. The number of aliphatic carboxylic acids is 1. The van der Waals surface area contributed by atoms with E-state index in [1.807, 2.05) is 13.8 Å². The maximum atomic E-state index is 11.4. The predicted octanol–water partition coefficient (Wildman–Crippen LogP) is 0.986. The molecule has 0 aromatic heterocycles. The fourth-order valence-electron chi connectivity index (χ4n) is 1.63. The zero-order valence-electron chi connectivity index (χ0n) is 12.3. The minimum atomic E-state index is -0.925. The maximum Gasteiger partial charge on any atom is 0.314 e. The molecule has 0 rings (SSSR count). The summed E-state index contributed by atoms with van der Waals surface area (Å²) in [6, 6.07) is -0.482. The number of carbonyl (C=O) groups excluding carboxylic acids is 2. The van der Waals surface area contributed by atoms with E-state index in [0.29, 0.717) is 13.0 Å². The van der Waals surface area contributed by atoms with Crippen LogP contribution in [0.5, 0.6) is 0 Å². The number of carboxylic acid groups (broad SMARTS) is 1. The molecule has 2 amide bonds. The SMILES string of the molecule is CCOC(=O)CCNC(=O)NCC(CC(C)C)C(=O)O. The summed E-state index contributed by atoms with van der Waals surface area (Å²) in [6.07, 6.45) is 0.591. The van der Waals surface area contributed by atoms with Gasteiger partial charge in [0.25, 0.3) is 0 Å². The van der Waals surface area contributed by atoms with Crippen molar-refractivity contribution in [1.29, 1.82) is 0 Å². The first-order valence-corrected chi connectivity index (χ1v) is 6.76. The van der Waals surface area contributed by atoms with E-state index in [4.69, 9.17) is 9.84 Å². The topological polar surface area (TPSA) is 105 Å². The van der Waals surface area contributed by atoms with E-state index in [9.17, 15) is 14.4 Å². The molecule has 0 saturated heterocycles. The normalized spacial score (nSPS) is 11.8. The fourth-order valence-corrected chi connectivity index (χ4v) is 1.63. The Morgan fingerprint density at radius 3 is 2.35 bits per heavy atom. The van der Waals surface area contributed by atoms with Crippen LogP contribution in [-0.2, 0) is 14.3 Å². The second-order valence-electron chi connectivity index (χ2n) is 4.86. The Balaban J connectivity index is 3.90. The van der Waals surface area contributed by atoms with Crippen LogP contribution in [0, 0.1) is 11.8 Å². The summed E-state index contributed by atoms with van der Waals surface area (Å²) in [5, 5.41) is 14.0. The highest BCUT2D eigenvalue weighted by Crippen LogP contribution is 2.10. The average molecular weight is 288 g/mol. The van der Waals surface area contributed by atoms with E-state index in [1.165, 1.54) is 0 Å². The van der Waals surface area contributed by atoms with Gasteiger partial charge in [-0.15, -0.1) is 0 Å². The molecule has 7 nitrogen and oxygen atoms in total. The lowest BCUT2D eigenvalue weighted by molar-refractivity contribution is -0.143. The van der Waals surface area contributed by atoms with Crippen molar-refractivity contribution < 1.29 is 24.2 Å². The van der Waals surface area contributed by atoms with Crippen LogP contribution >= 0.6 is 0 Å². The van der Waals surface area contributed by atoms with E-state index in [1.54, 1.807) is 6.92 Å². The summed E-state index contributed by atoms with van der Waals surface area (Å²) < 4.78 is 4.71. The summed E-state index contributed by atoms with van der Waals surface area (Å²) in [5.74, 6) is -1.67. The zero-order valence-corrected chi connectivity index (χ0v) is 12.3. The summed E-state index contributed by atoms with van der Waals surface area (Å²) in [5.41, 5.74) is 0. The molecule has 0 aliphatic heterocycles. The van der Waals surface area contributed by atoms with Crippen LogP contribution in [-0.4, -0.2) is 42.8 Å². The Morgan fingerprint density at radius 2 is 1.85 bits per heavy atom. The summed E-state index contributed by atoms with van der Waals surface area (Å²) in [4.78, 5) is 33.4. The minimum Gasteiger partial charge on any atom is -0.481 e. The van der Waals surface area contributed by atoms with Crippen molar-refractivity contribution in [2.24, 2.45) is 11.8 Å². The summed E-state index contributed by atoms with van der Waals surface area (Å²) in [7, 11) is 0. The number of hydrogen-bond donors (Lipinski definition) is 3. The standard InChI is InChI=1S/C13H24N2O5/c1-4-20-11(16)5-6-14-13(19)15-8-10(12(17)18)7-9(2)3/h9-10H,4-8H2,1-3H3,(H,17,18)(H2,14,15,19). The molecule has 0 spiro atoms. The monoisotopic (exact) mass is 288 g/mol. The highest BCUT2D eigenvalue weighted by atomic mass is 16.5. The fraction of sp³-hybridized carbons (Fsp3) is 0.769. The van der Waals surface area contributed by atoms with Crippen LogP contribution in [0.2, 0.25) is 0 Å². The first-order chi connectivity index (χ1) is 9.36. The van der Waals surface area contributed by atoms with Gasteiger partial charge < -0.3 is 20.5 Å². The highest BCUT2D eigenvalue weighted by molar-refractivity contribution is 5.76. The van der Waals surface area contributed by atoms with Gasteiger partial charge in [-0.1, -0.05) is 13.8 Å². The number of amides is 2. The lowest BCUT2D eigenvalue weighted by atomic mass is 9.97. The van der Waals surface area contributed by atoms with Gasteiger partial charge >= 0.3 is 18.0 Å². The number of urea groups is 1. The summed E-state index contributed by atoms with van der Waals surface area (Å²) >= 11 is 0. The zero-order chi connectivity index (χ0) is 15.5. The van der Waals surface area contributed by atoms with Crippen molar-refractivity contribution in [3.63, 3.8) is 0 Å². The Labute approximate surface area is 119 Å². The lowest BCUT2D eigenvalue weighted by Gasteiger charge is -2.15. The van der Waals surface area contributed by atoms with Crippen LogP contribution in [0.15, 0.2) is 0 Å². The third kappa shape index (κ3) is 9.18. The molecule has 0 aromatic carbocycles. The van der Waals surface area contributed by atoms with Crippen LogP contribution < -0.4 is 10.6 Å². The van der Waals surface area contributed by atoms with Crippen LogP contribution in [0.4, 0.5) is 4.79 Å². The molecule has 116 valence electrons. The van der Waals surface area contributed by atoms with Gasteiger partial charge in [0.1, 0.15) is 0 Å². The molecule has 0 aromatic rings. The predicted molar refractivity (Wildman–Crippen MR) is 73.2 cm³/mol. The van der Waals surface area contributed by atoms with Crippen LogP contribution in [0.25, 0.3) is 0 Å². The molecule has 0 radical (unpaired) electrons. The van der Waals surface area contributed by atoms with Crippen molar-refractivity contribution in [3.8, 4) is 0 Å². The second kappa shape index (κ2) is 10.1. The number of ether oxygens (including phenoxy) is 1. The smallest absolute Gasteiger partial charge is 0.314 e. The Hall–Kier alpha value is -1.79. The molecule has 1 unspecified atom stereocenters. The largest absolute Gasteiger partial charge is 0.481 e. The number of nitrogens with one attached hydrogen (secondary N) is 2. The number of hydrogen-bond acceptors (Lipinski definition) is 4. The van der Waals surface area contributed by atoms with Gasteiger partial charge in [0, 0.05) is 13.1 Å². The molecule has 7 heteroatoms. The molecular weight excluding hydrogens is 264 g/mol. The van der Waals surface area contributed by atoms with Crippen molar-refractivity contribution in [1.82, 2.24) is 10.6 Å². The number of rotatable bonds is 9. The van der Waals surface area contributed by atoms with E-state index in [2.05, 4.69) is 10.6 Å². The van der Waals surface area contributed by atoms with E-state index >= 15 is 0 Å². The molecule has 0 aliphatic carbocycles. The first kappa shape index (κ1) is 18.2. The lowest BCUT2D eigenvalue weighted by Crippen LogP contribution is -2.41. The van der Waals surface area contributed by atoms with E-state index in [-0.39, 0.29) is 31.4 Å². The van der Waals surface area contributed by atoms with Crippen molar-refractivity contribution in [3.05, 3.63) is 0 Å². The number of carboxylic acids is 1. The molecule has 0 fully saturated rings.